The number of aromatic nitrogens is 1. The Morgan fingerprint density at radius 1 is 1.27 bits per heavy atom. The third-order valence-electron chi connectivity index (χ3n) is 5.85. The van der Waals surface area contributed by atoms with Crippen LogP contribution in [-0.2, 0) is 29.8 Å². The van der Waals surface area contributed by atoms with Crippen molar-refractivity contribution in [3.05, 3.63) is 46.8 Å². The maximum atomic E-state index is 13.4. The summed E-state index contributed by atoms with van der Waals surface area (Å²) in [6.07, 6.45) is -4.55. The normalized spacial score (nSPS) is 16.1. The van der Waals surface area contributed by atoms with E-state index in [0.29, 0.717) is 18.5 Å². The van der Waals surface area contributed by atoms with E-state index in [2.05, 4.69) is 5.32 Å². The lowest BCUT2D eigenvalue weighted by molar-refractivity contribution is -0.138. The molecule has 33 heavy (non-hydrogen) atoms. The zero-order chi connectivity index (χ0) is 24.6. The van der Waals surface area contributed by atoms with Crippen LogP contribution in [0.3, 0.4) is 0 Å². The number of benzene rings is 1. The van der Waals surface area contributed by atoms with Crippen LogP contribution in [-0.4, -0.2) is 54.6 Å². The first kappa shape index (κ1) is 25.1. The third kappa shape index (κ3) is 5.02. The number of piperidine rings is 1. The molecule has 0 spiro atoms. The predicted molar refractivity (Wildman–Crippen MR) is 113 cm³/mol. The number of alkyl halides is 3. The molecule has 0 radical (unpaired) electrons. The van der Waals surface area contributed by atoms with Crippen LogP contribution in [0.15, 0.2) is 29.2 Å². The maximum Gasteiger partial charge on any atom is 0.416 e. The number of methoxy groups -OCH3 is 1. The van der Waals surface area contributed by atoms with Gasteiger partial charge in [-0.25, -0.2) is 8.42 Å². The number of rotatable bonds is 6. The molecular weight excluding hydrogens is 463 g/mol. The van der Waals surface area contributed by atoms with Crippen molar-refractivity contribution in [1.82, 2.24) is 14.2 Å². The number of sulfonamides is 1. The molecule has 1 fully saturated rings. The number of amides is 1. The van der Waals surface area contributed by atoms with Crippen LogP contribution < -0.4 is 10.1 Å². The number of aliphatic hydroxyl groups is 1. The maximum absolute atomic E-state index is 13.4. The minimum Gasteiger partial charge on any atom is -0.496 e. The van der Waals surface area contributed by atoms with Gasteiger partial charge in [-0.15, -0.1) is 0 Å². The molecule has 0 aliphatic carbocycles. The summed E-state index contributed by atoms with van der Waals surface area (Å²) in [5.74, 6) is -0.751. The Bertz CT molecular complexity index is 1140. The van der Waals surface area contributed by atoms with Crippen molar-refractivity contribution < 1.29 is 36.2 Å². The average molecular weight is 490 g/mol. The van der Waals surface area contributed by atoms with E-state index in [9.17, 15) is 31.5 Å². The Balaban J connectivity index is 1.86. The lowest BCUT2D eigenvalue weighted by Crippen LogP contribution is -2.40. The molecule has 12 heteroatoms. The van der Waals surface area contributed by atoms with E-state index in [-0.39, 0.29) is 35.0 Å². The van der Waals surface area contributed by atoms with Gasteiger partial charge in [-0.1, -0.05) is 6.07 Å². The Hall–Kier alpha value is -2.57. The van der Waals surface area contributed by atoms with Crippen LogP contribution >= 0.6 is 0 Å². The van der Waals surface area contributed by atoms with Gasteiger partial charge in [0.05, 0.1) is 18.8 Å². The molecule has 1 amide bonds. The number of nitrogens with one attached hydrogen (secondary N) is 1. The first-order valence-electron chi connectivity index (χ1n) is 10.2. The number of hydrogen-bond acceptors (Lipinski definition) is 5. The van der Waals surface area contributed by atoms with E-state index in [0.717, 1.165) is 6.07 Å². The highest BCUT2D eigenvalue weighted by Crippen LogP contribution is 2.36. The number of aliphatic hydroxyl groups excluding tert-OH is 1. The molecule has 0 unspecified atom stereocenters. The fourth-order valence-corrected chi connectivity index (χ4v) is 5.58. The van der Waals surface area contributed by atoms with Crippen molar-refractivity contribution in [3.8, 4) is 5.75 Å². The topological polar surface area (TPSA) is 101 Å². The molecule has 1 aliphatic heterocycles. The fraction of sp³-hybridized carbons (Fsp3) is 0.476. The summed E-state index contributed by atoms with van der Waals surface area (Å²) in [7, 11) is -1.16. The molecule has 8 nitrogen and oxygen atoms in total. The van der Waals surface area contributed by atoms with E-state index < -0.39 is 40.3 Å². The monoisotopic (exact) mass is 489 g/mol. The zero-order valence-corrected chi connectivity index (χ0v) is 19.3. The Morgan fingerprint density at radius 3 is 2.48 bits per heavy atom. The second-order valence-electron chi connectivity index (χ2n) is 7.84. The van der Waals surface area contributed by atoms with Crippen molar-refractivity contribution in [1.29, 1.82) is 0 Å². The van der Waals surface area contributed by atoms with Gasteiger partial charge >= 0.3 is 6.18 Å². The number of carbonyl (C=O) groups excluding carboxylic acids is 1. The van der Waals surface area contributed by atoms with E-state index in [1.165, 1.54) is 41.2 Å². The second kappa shape index (κ2) is 9.35. The fourth-order valence-electron chi connectivity index (χ4n) is 3.84. The van der Waals surface area contributed by atoms with Crippen molar-refractivity contribution in [2.45, 2.75) is 43.5 Å². The van der Waals surface area contributed by atoms with Gasteiger partial charge in [-0.2, -0.15) is 17.5 Å². The molecule has 2 heterocycles. The number of hydrogen-bond donors (Lipinski definition) is 2. The van der Waals surface area contributed by atoms with Crippen molar-refractivity contribution in [2.24, 2.45) is 7.05 Å². The highest BCUT2D eigenvalue weighted by Gasteiger charge is 2.35. The molecule has 2 N–H and O–H groups in total. The Labute approximate surface area is 190 Å². The van der Waals surface area contributed by atoms with E-state index in [4.69, 9.17) is 4.74 Å². The molecule has 1 aromatic carbocycles. The van der Waals surface area contributed by atoms with Crippen LogP contribution in [0.1, 0.15) is 40.2 Å². The van der Waals surface area contributed by atoms with Gasteiger partial charge < -0.3 is 19.7 Å². The number of ether oxygens (including phenoxy) is 1. The highest BCUT2D eigenvalue weighted by atomic mass is 32.2. The van der Waals surface area contributed by atoms with Gasteiger partial charge in [0.15, 0.2) is 0 Å². The summed E-state index contributed by atoms with van der Waals surface area (Å²) in [5, 5.41) is 12.1. The van der Waals surface area contributed by atoms with Gasteiger partial charge in [0.25, 0.3) is 5.91 Å². The summed E-state index contributed by atoms with van der Waals surface area (Å²) in [5.41, 5.74) is -0.849. The van der Waals surface area contributed by atoms with Crippen molar-refractivity contribution in [3.63, 3.8) is 0 Å². The largest absolute Gasteiger partial charge is 0.496 e. The Kier molecular flexibility index (Phi) is 7.10. The van der Waals surface area contributed by atoms with Crippen molar-refractivity contribution >= 4 is 15.9 Å². The quantitative estimate of drug-likeness (QED) is 0.649. The summed E-state index contributed by atoms with van der Waals surface area (Å²) in [6, 6.07) is 4.70. The van der Waals surface area contributed by atoms with Crippen LogP contribution in [0, 0.1) is 6.92 Å². The standard InChI is InChI=1S/C21H26F3N3O5S/c1-13-19(33(30,31)27-9-7-14(28)8-10-27)11-17(26(13)2)20(29)25-12-15-16(21(22,23)24)5-4-6-18(15)32-3/h4-6,11,14,28H,7-10,12H2,1-3H3,(H,25,29). The van der Waals surface area contributed by atoms with E-state index >= 15 is 0 Å². The molecule has 1 aliphatic rings. The predicted octanol–water partition coefficient (Wildman–Crippen LogP) is 2.44. The first-order valence-corrected chi connectivity index (χ1v) is 11.7. The Morgan fingerprint density at radius 2 is 1.91 bits per heavy atom. The zero-order valence-electron chi connectivity index (χ0n) is 18.4. The summed E-state index contributed by atoms with van der Waals surface area (Å²) >= 11 is 0. The number of halogens is 3. The summed E-state index contributed by atoms with van der Waals surface area (Å²) < 4.78 is 74.0. The van der Waals surface area contributed by atoms with Crippen LogP contribution in [0.4, 0.5) is 13.2 Å². The molecule has 1 aromatic heterocycles. The van der Waals surface area contributed by atoms with Gasteiger partial charge in [-0.05, 0) is 38.0 Å². The molecule has 3 rings (SSSR count). The molecular formula is C21H26F3N3O5S. The second-order valence-corrected chi connectivity index (χ2v) is 9.75. The molecule has 1 saturated heterocycles. The molecule has 0 atom stereocenters. The minimum atomic E-state index is -4.64. The smallest absolute Gasteiger partial charge is 0.416 e. The summed E-state index contributed by atoms with van der Waals surface area (Å²) in [4.78, 5) is 12.8. The number of nitrogens with zero attached hydrogens (tertiary/aromatic N) is 2. The van der Waals surface area contributed by atoms with E-state index in [1.807, 2.05) is 0 Å². The van der Waals surface area contributed by atoms with Crippen LogP contribution in [0.2, 0.25) is 0 Å². The molecule has 2 aromatic rings. The molecule has 182 valence electrons. The van der Waals surface area contributed by atoms with Crippen LogP contribution in [0.25, 0.3) is 0 Å². The van der Waals surface area contributed by atoms with Crippen LogP contribution in [0.5, 0.6) is 5.75 Å². The SMILES string of the molecule is COc1cccc(C(F)(F)F)c1CNC(=O)c1cc(S(=O)(=O)N2CCC(O)CC2)c(C)n1C. The third-order valence-corrected chi connectivity index (χ3v) is 7.86. The first-order chi connectivity index (χ1) is 15.4. The van der Waals surface area contributed by atoms with Gasteiger partial charge in [0.2, 0.25) is 10.0 Å². The van der Waals surface area contributed by atoms with E-state index in [1.54, 1.807) is 6.92 Å². The summed E-state index contributed by atoms with van der Waals surface area (Å²) in [6.45, 7) is 1.40. The average Bonchev–Trinajstić information content (AvgIpc) is 3.06. The van der Waals surface area contributed by atoms with Gasteiger partial charge in [0, 0.05) is 37.9 Å². The lowest BCUT2D eigenvalue weighted by atomic mass is 10.1. The minimum absolute atomic E-state index is 0.00780. The highest BCUT2D eigenvalue weighted by molar-refractivity contribution is 7.89. The molecule has 0 bridgehead atoms. The molecule has 0 saturated carbocycles. The van der Waals surface area contributed by atoms with Gasteiger partial charge in [0.1, 0.15) is 16.3 Å². The van der Waals surface area contributed by atoms with Crippen molar-refractivity contribution in [2.75, 3.05) is 20.2 Å². The van der Waals surface area contributed by atoms with Gasteiger partial charge in [-0.3, -0.25) is 4.79 Å². The lowest BCUT2D eigenvalue weighted by Gasteiger charge is -2.28. The number of carbonyl (C=O) groups is 1.